The Morgan fingerprint density at radius 1 is 1.21 bits per heavy atom. The van der Waals surface area contributed by atoms with E-state index in [1.165, 1.54) is 0 Å². The van der Waals surface area contributed by atoms with Gasteiger partial charge in [0.05, 0.1) is 17.6 Å². The van der Waals surface area contributed by atoms with E-state index < -0.39 is 5.60 Å². The molecule has 2 heterocycles. The van der Waals surface area contributed by atoms with Crippen LogP contribution in [0.5, 0.6) is 0 Å². The third-order valence-corrected chi connectivity index (χ3v) is 3.97. The van der Waals surface area contributed by atoms with Gasteiger partial charge < -0.3 is 14.8 Å². The number of amides is 1. The number of para-hydroxylation sites is 1. The number of fused-ring (bicyclic) bond motifs is 1. The van der Waals surface area contributed by atoms with Gasteiger partial charge in [0.2, 0.25) is 0 Å². The molecule has 2 N–H and O–H groups in total. The summed E-state index contributed by atoms with van der Waals surface area (Å²) in [4.78, 5) is 17.0. The van der Waals surface area contributed by atoms with Crippen LogP contribution in [-0.2, 0) is 5.60 Å². The molecular formula is C19H20N2O3. The fourth-order valence-corrected chi connectivity index (χ4v) is 2.59. The molecule has 5 nitrogen and oxygen atoms in total. The summed E-state index contributed by atoms with van der Waals surface area (Å²) < 4.78 is 5.46. The molecule has 0 spiro atoms. The second-order valence-electron chi connectivity index (χ2n) is 6.20. The van der Waals surface area contributed by atoms with Crippen molar-refractivity contribution in [1.29, 1.82) is 0 Å². The summed E-state index contributed by atoms with van der Waals surface area (Å²) in [7, 11) is 0. The van der Waals surface area contributed by atoms with Crippen LogP contribution < -0.4 is 5.32 Å². The molecule has 5 heteroatoms. The molecule has 124 valence electrons. The highest BCUT2D eigenvalue weighted by Gasteiger charge is 2.27. The average molecular weight is 324 g/mol. The zero-order valence-electron chi connectivity index (χ0n) is 14.0. The highest BCUT2D eigenvalue weighted by molar-refractivity contribution is 6.05. The minimum absolute atomic E-state index is 0.0426. The molecule has 0 saturated heterocycles. The van der Waals surface area contributed by atoms with Crippen molar-refractivity contribution in [2.45, 2.75) is 26.4 Å². The lowest BCUT2D eigenvalue weighted by Gasteiger charge is -2.21. The number of benzene rings is 1. The van der Waals surface area contributed by atoms with Gasteiger partial charge in [0.15, 0.2) is 0 Å². The molecule has 3 aromatic rings. The topological polar surface area (TPSA) is 75.4 Å². The molecule has 0 aliphatic rings. The minimum atomic E-state index is -1.28. The van der Waals surface area contributed by atoms with Crippen LogP contribution in [0.1, 0.15) is 34.5 Å². The van der Waals surface area contributed by atoms with Gasteiger partial charge in [-0.2, -0.15) is 0 Å². The van der Waals surface area contributed by atoms with Gasteiger partial charge in [-0.1, -0.05) is 18.2 Å². The monoisotopic (exact) mass is 324 g/mol. The predicted molar refractivity (Wildman–Crippen MR) is 91.8 cm³/mol. The maximum atomic E-state index is 12.6. The van der Waals surface area contributed by atoms with E-state index in [0.717, 1.165) is 11.1 Å². The van der Waals surface area contributed by atoms with E-state index in [1.807, 2.05) is 38.1 Å². The van der Waals surface area contributed by atoms with Crippen LogP contribution in [0, 0.1) is 13.8 Å². The lowest BCUT2D eigenvalue weighted by molar-refractivity contribution is 0.0323. The van der Waals surface area contributed by atoms with Crippen LogP contribution in [0.15, 0.2) is 46.9 Å². The summed E-state index contributed by atoms with van der Waals surface area (Å²) in [6, 6.07) is 12.8. The summed E-state index contributed by atoms with van der Waals surface area (Å²) in [5.41, 5.74) is 0.713. The van der Waals surface area contributed by atoms with Crippen LogP contribution in [-0.4, -0.2) is 22.5 Å². The minimum Gasteiger partial charge on any atom is -0.463 e. The van der Waals surface area contributed by atoms with Gasteiger partial charge in [-0.25, -0.2) is 0 Å². The molecule has 0 fully saturated rings. The Labute approximate surface area is 140 Å². The number of aliphatic hydroxyl groups is 1. The van der Waals surface area contributed by atoms with Gasteiger partial charge in [0, 0.05) is 11.1 Å². The molecule has 0 aliphatic heterocycles. The Morgan fingerprint density at radius 2 is 2.00 bits per heavy atom. The normalized spacial score (nSPS) is 13.7. The lowest BCUT2D eigenvalue weighted by Crippen LogP contribution is -2.38. The zero-order chi connectivity index (χ0) is 17.3. The summed E-state index contributed by atoms with van der Waals surface area (Å²) >= 11 is 0. The number of rotatable bonds is 4. The molecule has 1 amide bonds. The Balaban J connectivity index is 1.82. The first kappa shape index (κ1) is 16.2. The molecular weight excluding hydrogens is 304 g/mol. The highest BCUT2D eigenvalue weighted by Crippen LogP contribution is 2.22. The van der Waals surface area contributed by atoms with Gasteiger partial charge in [-0.05, 0) is 45.0 Å². The number of aromatic nitrogens is 1. The third-order valence-electron chi connectivity index (χ3n) is 3.97. The van der Waals surface area contributed by atoms with Gasteiger partial charge >= 0.3 is 0 Å². The van der Waals surface area contributed by atoms with Crippen LogP contribution in [0.25, 0.3) is 10.9 Å². The predicted octanol–water partition coefficient (Wildman–Crippen LogP) is 3.08. The number of furan rings is 1. The van der Waals surface area contributed by atoms with Crippen LogP contribution >= 0.6 is 0 Å². The maximum Gasteiger partial charge on any atom is 0.253 e. The van der Waals surface area contributed by atoms with Crippen molar-refractivity contribution < 1.29 is 14.3 Å². The largest absolute Gasteiger partial charge is 0.463 e. The van der Waals surface area contributed by atoms with Gasteiger partial charge in [-0.3, -0.25) is 9.78 Å². The standard InChI is InChI=1S/C19H20N2O3/c1-12-7-9-14-5-4-6-15(17(14)21-12)18(22)20-11-19(3,23)16-10-8-13(2)24-16/h4-10,23H,11H2,1-3H3,(H,20,22). The number of nitrogens with one attached hydrogen (secondary N) is 1. The maximum absolute atomic E-state index is 12.6. The number of hydrogen-bond donors (Lipinski definition) is 2. The summed E-state index contributed by atoms with van der Waals surface area (Å²) in [5.74, 6) is 0.861. The molecule has 0 saturated carbocycles. The van der Waals surface area contributed by atoms with Crippen LogP contribution in [0.3, 0.4) is 0 Å². The first-order chi connectivity index (χ1) is 11.4. The van der Waals surface area contributed by atoms with Crippen molar-refractivity contribution in [1.82, 2.24) is 10.3 Å². The van der Waals surface area contributed by atoms with Gasteiger partial charge in [-0.15, -0.1) is 0 Å². The molecule has 1 unspecified atom stereocenters. The highest BCUT2D eigenvalue weighted by atomic mass is 16.4. The van der Waals surface area contributed by atoms with Crippen molar-refractivity contribution in [2.24, 2.45) is 0 Å². The second kappa shape index (κ2) is 6.09. The Morgan fingerprint density at radius 3 is 2.71 bits per heavy atom. The molecule has 0 radical (unpaired) electrons. The molecule has 1 atom stereocenters. The smallest absolute Gasteiger partial charge is 0.253 e. The molecule has 24 heavy (non-hydrogen) atoms. The second-order valence-corrected chi connectivity index (χ2v) is 6.20. The van der Waals surface area contributed by atoms with Crippen LogP contribution in [0.4, 0.5) is 0 Å². The van der Waals surface area contributed by atoms with E-state index in [4.69, 9.17) is 4.42 Å². The van der Waals surface area contributed by atoms with E-state index in [9.17, 15) is 9.90 Å². The first-order valence-corrected chi connectivity index (χ1v) is 7.81. The quantitative estimate of drug-likeness (QED) is 0.773. The Hall–Kier alpha value is -2.66. The number of pyridine rings is 1. The molecule has 0 aliphatic carbocycles. The van der Waals surface area contributed by atoms with Crippen molar-refractivity contribution in [2.75, 3.05) is 6.54 Å². The van der Waals surface area contributed by atoms with Crippen molar-refractivity contribution >= 4 is 16.8 Å². The molecule has 0 bridgehead atoms. The molecule has 2 aromatic heterocycles. The Bertz CT molecular complexity index is 897. The summed E-state index contributed by atoms with van der Waals surface area (Å²) in [5, 5.41) is 14.2. The molecule has 1 aromatic carbocycles. The molecule has 3 rings (SSSR count). The van der Waals surface area contributed by atoms with E-state index in [2.05, 4.69) is 10.3 Å². The summed E-state index contributed by atoms with van der Waals surface area (Å²) in [6.07, 6.45) is 0. The summed E-state index contributed by atoms with van der Waals surface area (Å²) in [6.45, 7) is 5.35. The SMILES string of the molecule is Cc1ccc2cccc(C(=O)NCC(C)(O)c3ccc(C)o3)c2n1. The Kier molecular flexibility index (Phi) is 4.11. The van der Waals surface area contributed by atoms with Gasteiger partial charge in [0.25, 0.3) is 5.91 Å². The van der Waals surface area contributed by atoms with E-state index >= 15 is 0 Å². The lowest BCUT2D eigenvalue weighted by atomic mass is 10.0. The number of nitrogens with zero attached hydrogens (tertiary/aromatic N) is 1. The van der Waals surface area contributed by atoms with Crippen molar-refractivity contribution in [3.8, 4) is 0 Å². The fraction of sp³-hybridized carbons (Fsp3) is 0.263. The van der Waals surface area contributed by atoms with E-state index in [0.29, 0.717) is 22.6 Å². The van der Waals surface area contributed by atoms with Crippen molar-refractivity contribution in [3.05, 3.63) is 65.2 Å². The van der Waals surface area contributed by atoms with Crippen LogP contribution in [0.2, 0.25) is 0 Å². The third kappa shape index (κ3) is 3.16. The van der Waals surface area contributed by atoms with Crippen molar-refractivity contribution in [3.63, 3.8) is 0 Å². The fourth-order valence-electron chi connectivity index (χ4n) is 2.59. The van der Waals surface area contributed by atoms with E-state index in [1.54, 1.807) is 25.1 Å². The number of aryl methyl sites for hydroxylation is 2. The number of hydrogen-bond acceptors (Lipinski definition) is 4. The average Bonchev–Trinajstić information content (AvgIpc) is 2.99. The van der Waals surface area contributed by atoms with Gasteiger partial charge in [0.1, 0.15) is 17.1 Å². The number of carbonyl (C=O) groups is 1. The van der Waals surface area contributed by atoms with E-state index in [-0.39, 0.29) is 12.5 Å². The number of carbonyl (C=O) groups excluding carboxylic acids is 1. The first-order valence-electron chi connectivity index (χ1n) is 7.81. The zero-order valence-corrected chi connectivity index (χ0v) is 14.0.